The maximum absolute atomic E-state index is 4.94. The van der Waals surface area contributed by atoms with Crippen LogP contribution < -0.4 is 4.90 Å². The molecule has 1 aromatic carbocycles. The molecule has 0 bridgehead atoms. The Labute approximate surface area is 152 Å². The van der Waals surface area contributed by atoms with Crippen LogP contribution in [0.15, 0.2) is 48.8 Å². The van der Waals surface area contributed by atoms with Gasteiger partial charge >= 0.3 is 0 Å². The number of benzene rings is 1. The SMILES string of the molecule is CC(C)(C)c1nc2ccccc2n1C1CN(c2ccn3nccc3n2)C1. The van der Waals surface area contributed by atoms with Crippen LogP contribution in [0.2, 0.25) is 0 Å². The lowest BCUT2D eigenvalue weighted by molar-refractivity contribution is 0.371. The van der Waals surface area contributed by atoms with E-state index in [9.17, 15) is 0 Å². The molecule has 0 radical (unpaired) electrons. The maximum Gasteiger partial charge on any atom is 0.157 e. The summed E-state index contributed by atoms with van der Waals surface area (Å²) >= 11 is 0. The van der Waals surface area contributed by atoms with Crippen LogP contribution in [0.1, 0.15) is 32.6 Å². The summed E-state index contributed by atoms with van der Waals surface area (Å²) in [5.41, 5.74) is 3.19. The third-order valence-electron chi connectivity index (χ3n) is 5.06. The first-order chi connectivity index (χ1) is 12.5. The summed E-state index contributed by atoms with van der Waals surface area (Å²) in [5, 5.41) is 4.21. The molecule has 0 saturated carbocycles. The van der Waals surface area contributed by atoms with Crippen LogP contribution in [0, 0.1) is 0 Å². The van der Waals surface area contributed by atoms with Gasteiger partial charge in [0.2, 0.25) is 0 Å². The molecule has 0 aliphatic carbocycles. The molecule has 0 unspecified atom stereocenters. The van der Waals surface area contributed by atoms with Gasteiger partial charge in [0.25, 0.3) is 0 Å². The van der Waals surface area contributed by atoms with E-state index in [1.165, 1.54) is 5.52 Å². The van der Waals surface area contributed by atoms with Gasteiger partial charge in [0.1, 0.15) is 11.6 Å². The Hall–Kier alpha value is -2.89. The number of imidazole rings is 1. The van der Waals surface area contributed by atoms with Gasteiger partial charge in [-0.3, -0.25) is 0 Å². The molecule has 0 amide bonds. The molecule has 3 aromatic heterocycles. The van der Waals surface area contributed by atoms with Gasteiger partial charge in [0.15, 0.2) is 5.65 Å². The molecule has 4 aromatic rings. The molecule has 0 atom stereocenters. The number of hydrogen-bond donors (Lipinski definition) is 0. The average Bonchev–Trinajstić information content (AvgIpc) is 3.17. The minimum atomic E-state index is 0.00813. The molecule has 5 rings (SSSR count). The van der Waals surface area contributed by atoms with Crippen molar-refractivity contribution in [3.63, 3.8) is 0 Å². The van der Waals surface area contributed by atoms with Crippen LogP contribution in [0.3, 0.4) is 0 Å². The second-order valence-corrected chi connectivity index (χ2v) is 8.02. The standard InChI is InChI=1S/C20H22N6/c1-20(2,3)19-22-15-6-4-5-7-16(15)26(19)14-12-24(13-14)17-9-11-25-18(23-17)8-10-21-25/h4-11,14H,12-13H2,1-3H3. The number of hydrogen-bond acceptors (Lipinski definition) is 4. The second kappa shape index (κ2) is 5.30. The Morgan fingerprint density at radius 1 is 1.00 bits per heavy atom. The van der Waals surface area contributed by atoms with Crippen molar-refractivity contribution < 1.29 is 0 Å². The molecule has 1 aliphatic rings. The van der Waals surface area contributed by atoms with Crippen molar-refractivity contribution in [2.75, 3.05) is 18.0 Å². The van der Waals surface area contributed by atoms with E-state index in [1.54, 1.807) is 10.7 Å². The topological polar surface area (TPSA) is 51.2 Å². The van der Waals surface area contributed by atoms with Gasteiger partial charge in [-0.15, -0.1) is 0 Å². The van der Waals surface area contributed by atoms with Crippen molar-refractivity contribution >= 4 is 22.5 Å². The van der Waals surface area contributed by atoms with E-state index in [4.69, 9.17) is 9.97 Å². The van der Waals surface area contributed by atoms with Gasteiger partial charge in [-0.1, -0.05) is 32.9 Å². The maximum atomic E-state index is 4.94. The predicted molar refractivity (Wildman–Crippen MR) is 103 cm³/mol. The molecule has 6 nitrogen and oxygen atoms in total. The van der Waals surface area contributed by atoms with Gasteiger partial charge in [0.05, 0.1) is 23.3 Å². The van der Waals surface area contributed by atoms with E-state index >= 15 is 0 Å². The first kappa shape index (κ1) is 15.4. The summed E-state index contributed by atoms with van der Waals surface area (Å²) in [7, 11) is 0. The van der Waals surface area contributed by atoms with Crippen LogP contribution in [0.4, 0.5) is 5.82 Å². The number of fused-ring (bicyclic) bond motifs is 2. The fourth-order valence-corrected chi connectivity index (χ4v) is 3.73. The Balaban J connectivity index is 1.48. The lowest BCUT2D eigenvalue weighted by Gasteiger charge is -2.42. The van der Waals surface area contributed by atoms with Gasteiger partial charge in [-0.25, -0.2) is 14.5 Å². The third kappa shape index (κ3) is 2.29. The van der Waals surface area contributed by atoms with Gasteiger partial charge < -0.3 is 9.47 Å². The van der Waals surface area contributed by atoms with E-state index in [0.29, 0.717) is 6.04 Å². The van der Waals surface area contributed by atoms with Crippen LogP contribution in [0.5, 0.6) is 0 Å². The normalized spacial score (nSPS) is 15.7. The molecule has 0 N–H and O–H groups in total. The highest BCUT2D eigenvalue weighted by atomic mass is 15.3. The minimum Gasteiger partial charge on any atom is -0.352 e. The zero-order chi connectivity index (χ0) is 17.9. The number of para-hydroxylation sites is 2. The largest absolute Gasteiger partial charge is 0.352 e. The van der Waals surface area contributed by atoms with Crippen LogP contribution >= 0.6 is 0 Å². The highest BCUT2D eigenvalue weighted by molar-refractivity contribution is 5.76. The average molecular weight is 346 g/mol. The Bertz CT molecular complexity index is 1090. The van der Waals surface area contributed by atoms with E-state index in [-0.39, 0.29) is 5.41 Å². The molecular weight excluding hydrogens is 324 g/mol. The fraction of sp³-hybridized carbons (Fsp3) is 0.350. The second-order valence-electron chi connectivity index (χ2n) is 8.02. The Morgan fingerprint density at radius 2 is 1.81 bits per heavy atom. The van der Waals surface area contributed by atoms with E-state index < -0.39 is 0 Å². The predicted octanol–water partition coefficient (Wildman–Crippen LogP) is 3.44. The van der Waals surface area contributed by atoms with Crippen LogP contribution in [-0.4, -0.2) is 37.2 Å². The number of rotatable bonds is 2. The summed E-state index contributed by atoms with van der Waals surface area (Å²) in [5.74, 6) is 2.17. The molecule has 1 fully saturated rings. The van der Waals surface area contributed by atoms with E-state index in [2.05, 4.69) is 59.6 Å². The highest BCUT2D eigenvalue weighted by Crippen LogP contribution is 2.34. The van der Waals surface area contributed by atoms with Crippen molar-refractivity contribution in [2.24, 2.45) is 0 Å². The van der Waals surface area contributed by atoms with Crippen molar-refractivity contribution in [3.05, 3.63) is 54.6 Å². The lowest BCUT2D eigenvalue weighted by Crippen LogP contribution is -2.49. The number of aromatic nitrogens is 5. The van der Waals surface area contributed by atoms with Crippen LogP contribution in [-0.2, 0) is 5.41 Å². The molecule has 4 heterocycles. The minimum absolute atomic E-state index is 0.00813. The number of anilines is 1. The zero-order valence-corrected chi connectivity index (χ0v) is 15.3. The first-order valence-electron chi connectivity index (χ1n) is 9.03. The van der Waals surface area contributed by atoms with Gasteiger partial charge in [-0.05, 0) is 18.2 Å². The summed E-state index contributed by atoms with van der Waals surface area (Å²) in [6.07, 6.45) is 3.75. The molecule has 6 heteroatoms. The summed E-state index contributed by atoms with van der Waals surface area (Å²) in [4.78, 5) is 12.0. The molecule has 26 heavy (non-hydrogen) atoms. The Morgan fingerprint density at radius 3 is 2.62 bits per heavy atom. The van der Waals surface area contributed by atoms with Crippen LogP contribution in [0.25, 0.3) is 16.7 Å². The van der Waals surface area contributed by atoms with Crippen molar-refractivity contribution in [1.82, 2.24) is 24.1 Å². The third-order valence-corrected chi connectivity index (χ3v) is 5.06. The molecule has 0 spiro atoms. The smallest absolute Gasteiger partial charge is 0.157 e. The zero-order valence-electron chi connectivity index (χ0n) is 15.3. The van der Waals surface area contributed by atoms with Gasteiger partial charge in [-0.2, -0.15) is 5.10 Å². The molecule has 132 valence electrons. The van der Waals surface area contributed by atoms with Crippen molar-refractivity contribution in [3.8, 4) is 0 Å². The molecular formula is C20H22N6. The monoisotopic (exact) mass is 346 g/mol. The van der Waals surface area contributed by atoms with Gasteiger partial charge in [0, 0.05) is 30.8 Å². The van der Waals surface area contributed by atoms with Crippen molar-refractivity contribution in [1.29, 1.82) is 0 Å². The van der Waals surface area contributed by atoms with E-state index in [1.807, 2.05) is 18.3 Å². The Kier molecular flexibility index (Phi) is 3.13. The van der Waals surface area contributed by atoms with Crippen molar-refractivity contribution in [2.45, 2.75) is 32.2 Å². The first-order valence-corrected chi connectivity index (χ1v) is 9.03. The quantitative estimate of drug-likeness (QED) is 0.558. The molecule has 1 saturated heterocycles. The summed E-state index contributed by atoms with van der Waals surface area (Å²) in [6.45, 7) is 8.59. The number of nitrogens with zero attached hydrogens (tertiary/aromatic N) is 6. The summed E-state index contributed by atoms with van der Waals surface area (Å²) < 4.78 is 4.23. The summed E-state index contributed by atoms with van der Waals surface area (Å²) in [6, 6.07) is 12.8. The lowest BCUT2D eigenvalue weighted by atomic mass is 9.94. The van der Waals surface area contributed by atoms with E-state index in [0.717, 1.165) is 35.9 Å². The fourth-order valence-electron chi connectivity index (χ4n) is 3.73. The molecule has 1 aliphatic heterocycles. The highest BCUT2D eigenvalue weighted by Gasteiger charge is 2.34.